The maximum absolute atomic E-state index is 5.67. The summed E-state index contributed by atoms with van der Waals surface area (Å²) in [7, 11) is 1.74. The van der Waals surface area contributed by atoms with Crippen LogP contribution < -0.4 is 10.1 Å². The number of aryl methyl sites for hydroxylation is 1. The van der Waals surface area contributed by atoms with Gasteiger partial charge in [0, 0.05) is 23.7 Å². The minimum atomic E-state index is 0.402. The molecule has 5 heteroatoms. The van der Waals surface area contributed by atoms with Gasteiger partial charge in [-0.3, -0.25) is 0 Å². The second kappa shape index (κ2) is 7.20. The van der Waals surface area contributed by atoms with Crippen molar-refractivity contribution in [1.82, 2.24) is 10.2 Å². The highest BCUT2D eigenvalue weighted by Gasteiger charge is 2.21. The van der Waals surface area contributed by atoms with Gasteiger partial charge in [0.25, 0.3) is 0 Å². The molecule has 1 aromatic heterocycles. The maximum atomic E-state index is 5.67. The van der Waals surface area contributed by atoms with Crippen molar-refractivity contribution in [3.63, 3.8) is 0 Å². The topological polar surface area (TPSA) is 60.2 Å². The van der Waals surface area contributed by atoms with Crippen molar-refractivity contribution in [1.29, 1.82) is 0 Å². The predicted octanol–water partition coefficient (Wildman–Crippen LogP) is 4.28. The van der Waals surface area contributed by atoms with Crippen LogP contribution in [-0.2, 0) is 19.3 Å². The molecule has 0 saturated heterocycles. The summed E-state index contributed by atoms with van der Waals surface area (Å²) in [4.78, 5) is 0. The third-order valence-corrected chi connectivity index (χ3v) is 4.91. The molecule has 26 heavy (non-hydrogen) atoms. The molecule has 0 fully saturated rings. The number of anilines is 1. The van der Waals surface area contributed by atoms with Gasteiger partial charge in [-0.05, 0) is 54.7 Å². The molecule has 4 rings (SSSR count). The van der Waals surface area contributed by atoms with E-state index in [1.54, 1.807) is 7.11 Å². The molecule has 134 valence electrons. The van der Waals surface area contributed by atoms with E-state index in [-0.39, 0.29) is 0 Å². The summed E-state index contributed by atoms with van der Waals surface area (Å²) in [6, 6.07) is 14.9. The summed E-state index contributed by atoms with van der Waals surface area (Å²) in [5.74, 6) is 2.24. The molecule has 0 radical (unpaired) electrons. The second-order valence-corrected chi connectivity index (χ2v) is 6.62. The molecule has 0 spiro atoms. The molecule has 5 nitrogen and oxygen atoms in total. The predicted molar refractivity (Wildman–Crippen MR) is 102 cm³/mol. The minimum Gasteiger partial charge on any atom is -0.496 e. The molecule has 1 aliphatic carbocycles. The molecule has 3 aromatic rings. The van der Waals surface area contributed by atoms with E-state index in [1.165, 1.54) is 11.1 Å². The Kier molecular flexibility index (Phi) is 4.61. The van der Waals surface area contributed by atoms with Crippen LogP contribution in [-0.4, -0.2) is 23.3 Å². The number of hydrogen-bond acceptors (Lipinski definition) is 5. The first-order valence-electron chi connectivity index (χ1n) is 9.11. The van der Waals surface area contributed by atoms with E-state index < -0.39 is 0 Å². The van der Waals surface area contributed by atoms with Crippen molar-refractivity contribution in [3.05, 3.63) is 59.5 Å². The first-order chi connectivity index (χ1) is 12.8. The lowest BCUT2D eigenvalue weighted by Gasteiger charge is -2.27. The Morgan fingerprint density at radius 3 is 2.88 bits per heavy atom. The number of nitrogens with one attached hydrogen (secondary N) is 1. The normalized spacial score (nSPS) is 16.2. The third kappa shape index (κ3) is 3.29. The van der Waals surface area contributed by atoms with Crippen LogP contribution in [0.5, 0.6) is 5.75 Å². The van der Waals surface area contributed by atoms with E-state index in [2.05, 4.69) is 39.8 Å². The SMILES string of the molecule is CCc1nnc(-c2cccc(NC3CCc4c(cccc4OC)C3)c2)o1. The van der Waals surface area contributed by atoms with Crippen LogP contribution in [0.4, 0.5) is 5.69 Å². The summed E-state index contributed by atoms with van der Waals surface area (Å²) in [5, 5.41) is 11.8. The van der Waals surface area contributed by atoms with E-state index in [9.17, 15) is 0 Å². The summed E-state index contributed by atoms with van der Waals surface area (Å²) in [5.41, 5.74) is 4.74. The largest absolute Gasteiger partial charge is 0.496 e. The van der Waals surface area contributed by atoms with E-state index in [0.29, 0.717) is 17.8 Å². The molecule has 1 N–H and O–H groups in total. The fourth-order valence-corrected chi connectivity index (χ4v) is 3.58. The highest BCUT2D eigenvalue weighted by Crippen LogP contribution is 2.31. The zero-order chi connectivity index (χ0) is 17.9. The van der Waals surface area contributed by atoms with Gasteiger partial charge < -0.3 is 14.5 Å². The zero-order valence-electron chi connectivity index (χ0n) is 15.2. The number of hydrogen-bond donors (Lipinski definition) is 1. The Hall–Kier alpha value is -2.82. The number of rotatable bonds is 5. The molecule has 0 aliphatic heterocycles. The Bertz CT molecular complexity index is 904. The fraction of sp³-hybridized carbons (Fsp3) is 0.333. The van der Waals surface area contributed by atoms with Crippen molar-refractivity contribution in [2.24, 2.45) is 0 Å². The van der Waals surface area contributed by atoms with Crippen LogP contribution in [0.2, 0.25) is 0 Å². The van der Waals surface area contributed by atoms with Crippen LogP contribution in [0.3, 0.4) is 0 Å². The van der Waals surface area contributed by atoms with E-state index in [4.69, 9.17) is 9.15 Å². The van der Waals surface area contributed by atoms with Crippen molar-refractivity contribution >= 4 is 5.69 Å². The average Bonchev–Trinajstić information content (AvgIpc) is 3.17. The number of nitrogens with zero attached hydrogens (tertiary/aromatic N) is 2. The minimum absolute atomic E-state index is 0.402. The molecular weight excluding hydrogens is 326 g/mol. The van der Waals surface area contributed by atoms with Crippen molar-refractivity contribution in [2.75, 3.05) is 12.4 Å². The smallest absolute Gasteiger partial charge is 0.247 e. The van der Waals surface area contributed by atoms with Gasteiger partial charge >= 0.3 is 0 Å². The molecule has 0 saturated carbocycles. The summed E-state index contributed by atoms with van der Waals surface area (Å²) in [6.07, 6.45) is 3.85. The van der Waals surface area contributed by atoms with Gasteiger partial charge in [0.05, 0.1) is 7.11 Å². The van der Waals surface area contributed by atoms with E-state index >= 15 is 0 Å². The first-order valence-corrected chi connectivity index (χ1v) is 9.11. The van der Waals surface area contributed by atoms with Crippen LogP contribution in [0.15, 0.2) is 46.9 Å². The lowest BCUT2D eigenvalue weighted by molar-refractivity contribution is 0.405. The highest BCUT2D eigenvalue weighted by atomic mass is 16.5. The first kappa shape index (κ1) is 16.6. The lowest BCUT2D eigenvalue weighted by atomic mass is 9.87. The van der Waals surface area contributed by atoms with Crippen molar-refractivity contribution < 1.29 is 9.15 Å². The van der Waals surface area contributed by atoms with E-state index in [0.717, 1.165) is 42.7 Å². The molecule has 0 amide bonds. The van der Waals surface area contributed by atoms with Gasteiger partial charge in [-0.15, -0.1) is 10.2 Å². The van der Waals surface area contributed by atoms with E-state index in [1.807, 2.05) is 25.1 Å². The Labute approximate surface area is 153 Å². The molecule has 2 aromatic carbocycles. The molecule has 1 aliphatic rings. The number of methoxy groups -OCH3 is 1. The molecular formula is C21H23N3O2. The van der Waals surface area contributed by atoms with Gasteiger partial charge in [0.1, 0.15) is 5.75 Å². The summed E-state index contributed by atoms with van der Waals surface area (Å²) < 4.78 is 11.2. The zero-order valence-corrected chi connectivity index (χ0v) is 15.2. The van der Waals surface area contributed by atoms with Gasteiger partial charge in [-0.25, -0.2) is 0 Å². The fourth-order valence-electron chi connectivity index (χ4n) is 3.58. The summed E-state index contributed by atoms with van der Waals surface area (Å²) >= 11 is 0. The number of aromatic nitrogens is 2. The average molecular weight is 349 g/mol. The second-order valence-electron chi connectivity index (χ2n) is 6.62. The third-order valence-electron chi connectivity index (χ3n) is 4.91. The number of benzene rings is 2. The van der Waals surface area contributed by atoms with Crippen molar-refractivity contribution in [2.45, 2.75) is 38.6 Å². The monoisotopic (exact) mass is 349 g/mol. The Morgan fingerprint density at radius 1 is 1.19 bits per heavy atom. The van der Waals surface area contributed by atoms with Gasteiger partial charge in [0.2, 0.25) is 11.8 Å². The standard InChI is InChI=1S/C21H23N3O2/c1-3-20-23-24-21(26-20)15-7-4-8-16(13-15)22-17-10-11-18-14(12-17)6-5-9-19(18)25-2/h4-9,13,17,22H,3,10-12H2,1-2H3. The van der Waals surface area contributed by atoms with Gasteiger partial charge in [-0.1, -0.05) is 25.1 Å². The Morgan fingerprint density at radius 2 is 2.08 bits per heavy atom. The molecule has 1 atom stereocenters. The Balaban J connectivity index is 1.50. The van der Waals surface area contributed by atoms with Crippen molar-refractivity contribution in [3.8, 4) is 17.2 Å². The number of ether oxygens (including phenoxy) is 1. The quantitative estimate of drug-likeness (QED) is 0.745. The summed E-state index contributed by atoms with van der Waals surface area (Å²) in [6.45, 7) is 2.01. The lowest BCUT2D eigenvalue weighted by Crippen LogP contribution is -2.27. The molecule has 1 heterocycles. The molecule has 0 bridgehead atoms. The molecule has 1 unspecified atom stereocenters. The van der Waals surface area contributed by atoms with Crippen LogP contribution in [0.1, 0.15) is 30.4 Å². The van der Waals surface area contributed by atoms with Gasteiger partial charge in [-0.2, -0.15) is 0 Å². The van der Waals surface area contributed by atoms with Crippen LogP contribution in [0.25, 0.3) is 11.5 Å². The van der Waals surface area contributed by atoms with Crippen LogP contribution in [0, 0.1) is 0 Å². The van der Waals surface area contributed by atoms with Crippen LogP contribution >= 0.6 is 0 Å². The van der Waals surface area contributed by atoms with Gasteiger partial charge in [0.15, 0.2) is 0 Å². The number of fused-ring (bicyclic) bond motifs is 1. The maximum Gasteiger partial charge on any atom is 0.247 e. The highest BCUT2D eigenvalue weighted by molar-refractivity contribution is 5.61.